The second kappa shape index (κ2) is 8.96. The third-order valence-corrected chi connectivity index (χ3v) is 6.54. The summed E-state index contributed by atoms with van der Waals surface area (Å²) in [6.45, 7) is 3.88. The molecule has 32 heavy (non-hydrogen) atoms. The molecule has 4 heterocycles. The maximum Gasteiger partial charge on any atom is 0.255 e. The standard InChI is InChI=1S/C24H29N5O3/c30-22(27-12-19-3-1-8-25-11-19)21-15-28(14-18-5-6-18)16-24(32-21)7-10-29(17-24)23(31)20-4-2-9-26-13-20/h1-4,8-9,11,13,18,21H,5-7,10,12,14-17H2,(H,27,30)/t21-,24-/m0/s1. The maximum absolute atomic E-state index is 13.0. The molecule has 1 aliphatic carbocycles. The Morgan fingerprint density at radius 3 is 2.66 bits per heavy atom. The van der Waals surface area contributed by atoms with Gasteiger partial charge in [0.15, 0.2) is 0 Å². The van der Waals surface area contributed by atoms with Crippen molar-refractivity contribution in [2.75, 3.05) is 32.7 Å². The van der Waals surface area contributed by atoms with Gasteiger partial charge in [-0.25, -0.2) is 0 Å². The van der Waals surface area contributed by atoms with E-state index in [4.69, 9.17) is 4.74 Å². The molecule has 0 aromatic carbocycles. The molecule has 1 saturated carbocycles. The molecule has 3 fully saturated rings. The minimum absolute atomic E-state index is 0.0320. The van der Waals surface area contributed by atoms with Gasteiger partial charge in [-0.3, -0.25) is 24.5 Å². The molecule has 0 bridgehead atoms. The number of pyridine rings is 2. The largest absolute Gasteiger partial charge is 0.357 e. The fourth-order valence-corrected chi connectivity index (χ4v) is 4.74. The average Bonchev–Trinajstić information content (AvgIpc) is 3.56. The van der Waals surface area contributed by atoms with Crippen molar-refractivity contribution >= 4 is 11.8 Å². The summed E-state index contributed by atoms with van der Waals surface area (Å²) >= 11 is 0. The Morgan fingerprint density at radius 1 is 1.12 bits per heavy atom. The Morgan fingerprint density at radius 2 is 1.94 bits per heavy atom. The van der Waals surface area contributed by atoms with Crippen molar-refractivity contribution in [3.63, 3.8) is 0 Å². The number of morpholine rings is 1. The van der Waals surface area contributed by atoms with Gasteiger partial charge in [0.1, 0.15) is 11.7 Å². The Balaban J connectivity index is 1.27. The molecule has 1 N–H and O–H groups in total. The van der Waals surface area contributed by atoms with Crippen LogP contribution in [0.4, 0.5) is 0 Å². The Kier molecular flexibility index (Phi) is 5.89. The zero-order valence-electron chi connectivity index (χ0n) is 18.2. The number of nitrogens with one attached hydrogen (secondary N) is 1. The first-order chi connectivity index (χ1) is 15.6. The van der Waals surface area contributed by atoms with Gasteiger partial charge in [-0.1, -0.05) is 6.07 Å². The summed E-state index contributed by atoms with van der Waals surface area (Å²) in [7, 11) is 0. The van der Waals surface area contributed by atoms with E-state index in [1.54, 1.807) is 36.9 Å². The van der Waals surface area contributed by atoms with E-state index in [2.05, 4.69) is 20.2 Å². The molecule has 168 valence electrons. The van der Waals surface area contributed by atoms with Crippen LogP contribution < -0.4 is 5.32 Å². The molecule has 1 spiro atoms. The van der Waals surface area contributed by atoms with E-state index in [0.29, 0.717) is 31.7 Å². The molecule has 0 radical (unpaired) electrons. The number of amides is 2. The lowest BCUT2D eigenvalue weighted by Gasteiger charge is -2.44. The first-order valence-corrected chi connectivity index (χ1v) is 11.4. The number of hydrogen-bond donors (Lipinski definition) is 1. The second-order valence-corrected chi connectivity index (χ2v) is 9.22. The van der Waals surface area contributed by atoms with E-state index in [-0.39, 0.29) is 11.8 Å². The van der Waals surface area contributed by atoms with Gasteiger partial charge < -0.3 is 15.0 Å². The monoisotopic (exact) mass is 435 g/mol. The highest BCUT2D eigenvalue weighted by Gasteiger charge is 2.49. The van der Waals surface area contributed by atoms with E-state index in [1.165, 1.54) is 12.8 Å². The van der Waals surface area contributed by atoms with Crippen LogP contribution in [-0.4, -0.2) is 76.0 Å². The van der Waals surface area contributed by atoms with Crippen molar-refractivity contribution in [1.29, 1.82) is 0 Å². The van der Waals surface area contributed by atoms with Crippen molar-refractivity contribution in [2.24, 2.45) is 5.92 Å². The molecule has 2 aromatic heterocycles. The number of rotatable bonds is 6. The average molecular weight is 436 g/mol. The Bertz CT molecular complexity index is 953. The van der Waals surface area contributed by atoms with Gasteiger partial charge in [0, 0.05) is 57.5 Å². The van der Waals surface area contributed by atoms with E-state index in [0.717, 1.165) is 31.0 Å². The van der Waals surface area contributed by atoms with Crippen LogP contribution in [0.3, 0.4) is 0 Å². The molecule has 0 unspecified atom stereocenters. The molecule has 2 saturated heterocycles. The van der Waals surface area contributed by atoms with Crippen LogP contribution >= 0.6 is 0 Å². The van der Waals surface area contributed by atoms with E-state index < -0.39 is 11.7 Å². The summed E-state index contributed by atoms with van der Waals surface area (Å²) in [6.07, 6.45) is 9.43. The third-order valence-electron chi connectivity index (χ3n) is 6.54. The van der Waals surface area contributed by atoms with Gasteiger partial charge in [0.05, 0.1) is 12.1 Å². The SMILES string of the molecule is O=C(NCc1cccnc1)[C@@H]1CN(CC2CC2)C[C@]2(CCN(C(=O)c3cccnc3)C2)O1. The van der Waals surface area contributed by atoms with Crippen molar-refractivity contribution < 1.29 is 14.3 Å². The van der Waals surface area contributed by atoms with Crippen LogP contribution in [0.5, 0.6) is 0 Å². The lowest BCUT2D eigenvalue weighted by atomic mass is 9.98. The molecule has 2 atom stereocenters. The molecule has 2 aromatic rings. The van der Waals surface area contributed by atoms with Gasteiger partial charge >= 0.3 is 0 Å². The zero-order chi connectivity index (χ0) is 22.0. The Hall–Kier alpha value is -2.84. The van der Waals surface area contributed by atoms with Gasteiger partial charge in [-0.15, -0.1) is 0 Å². The number of likely N-dealkylation sites (tertiary alicyclic amines) is 1. The normalized spacial score (nSPS) is 25.8. The summed E-state index contributed by atoms with van der Waals surface area (Å²) in [5.74, 6) is 0.583. The predicted octanol–water partition coefficient (Wildman–Crippen LogP) is 1.49. The summed E-state index contributed by atoms with van der Waals surface area (Å²) in [5, 5.41) is 3.00. The van der Waals surface area contributed by atoms with Gasteiger partial charge in [0.25, 0.3) is 11.8 Å². The molecular formula is C24H29N5O3. The Labute approximate surface area is 188 Å². The highest BCUT2D eigenvalue weighted by molar-refractivity contribution is 5.94. The highest BCUT2D eigenvalue weighted by Crippen LogP contribution is 2.36. The maximum atomic E-state index is 13.0. The fraction of sp³-hybridized carbons (Fsp3) is 0.500. The van der Waals surface area contributed by atoms with E-state index in [9.17, 15) is 9.59 Å². The summed E-state index contributed by atoms with van der Waals surface area (Å²) in [4.78, 5) is 38.3. The van der Waals surface area contributed by atoms with Gasteiger partial charge in [0.2, 0.25) is 0 Å². The number of carbonyl (C=O) groups is 2. The third kappa shape index (κ3) is 4.81. The summed E-state index contributed by atoms with van der Waals surface area (Å²) in [5.41, 5.74) is 1.03. The molecule has 2 amide bonds. The minimum atomic E-state index is -0.549. The lowest BCUT2D eigenvalue weighted by molar-refractivity contribution is -0.168. The van der Waals surface area contributed by atoms with Crippen LogP contribution in [-0.2, 0) is 16.1 Å². The molecule has 5 rings (SSSR count). The summed E-state index contributed by atoms with van der Waals surface area (Å²) in [6, 6.07) is 7.36. The number of hydrogen-bond acceptors (Lipinski definition) is 6. The van der Waals surface area contributed by atoms with Crippen molar-refractivity contribution in [3.05, 3.63) is 60.2 Å². The van der Waals surface area contributed by atoms with Crippen LogP contribution in [0, 0.1) is 5.92 Å². The molecular weight excluding hydrogens is 406 g/mol. The molecule has 8 heteroatoms. The van der Waals surface area contributed by atoms with Gasteiger partial charge in [-0.05, 0) is 48.9 Å². The van der Waals surface area contributed by atoms with Crippen LogP contribution in [0.15, 0.2) is 49.1 Å². The second-order valence-electron chi connectivity index (χ2n) is 9.22. The highest BCUT2D eigenvalue weighted by atomic mass is 16.5. The van der Waals surface area contributed by atoms with Crippen LogP contribution in [0.25, 0.3) is 0 Å². The van der Waals surface area contributed by atoms with E-state index in [1.807, 2.05) is 17.0 Å². The van der Waals surface area contributed by atoms with Crippen LogP contribution in [0.1, 0.15) is 35.2 Å². The molecule has 2 aliphatic heterocycles. The zero-order valence-corrected chi connectivity index (χ0v) is 18.2. The van der Waals surface area contributed by atoms with Gasteiger partial charge in [-0.2, -0.15) is 0 Å². The van der Waals surface area contributed by atoms with E-state index >= 15 is 0 Å². The minimum Gasteiger partial charge on any atom is -0.357 e. The predicted molar refractivity (Wildman–Crippen MR) is 118 cm³/mol. The number of carbonyl (C=O) groups excluding carboxylic acids is 2. The number of aromatic nitrogens is 2. The summed E-state index contributed by atoms with van der Waals surface area (Å²) < 4.78 is 6.45. The number of nitrogens with zero attached hydrogens (tertiary/aromatic N) is 4. The quantitative estimate of drug-likeness (QED) is 0.740. The van der Waals surface area contributed by atoms with Crippen LogP contribution in [0.2, 0.25) is 0 Å². The lowest BCUT2D eigenvalue weighted by Crippen LogP contribution is -2.60. The van der Waals surface area contributed by atoms with Crippen molar-refractivity contribution in [3.8, 4) is 0 Å². The van der Waals surface area contributed by atoms with Crippen molar-refractivity contribution in [2.45, 2.75) is 37.5 Å². The number of ether oxygens (including phenoxy) is 1. The molecule has 3 aliphatic rings. The first kappa shape index (κ1) is 21.0. The first-order valence-electron chi connectivity index (χ1n) is 11.4. The smallest absolute Gasteiger partial charge is 0.255 e. The fourth-order valence-electron chi connectivity index (χ4n) is 4.74. The molecule has 8 nitrogen and oxygen atoms in total. The van der Waals surface area contributed by atoms with Crippen molar-refractivity contribution in [1.82, 2.24) is 25.1 Å². The topological polar surface area (TPSA) is 87.7 Å².